The lowest BCUT2D eigenvalue weighted by Gasteiger charge is -2.26. The van der Waals surface area contributed by atoms with E-state index in [4.69, 9.17) is 0 Å². The van der Waals surface area contributed by atoms with E-state index in [1.54, 1.807) is 0 Å². The maximum absolute atomic E-state index is 4.23. The Morgan fingerprint density at radius 2 is 2.16 bits per heavy atom. The van der Waals surface area contributed by atoms with Crippen molar-refractivity contribution in [1.29, 1.82) is 0 Å². The normalized spacial score (nSPS) is 18.4. The van der Waals surface area contributed by atoms with Crippen LogP contribution in [0.4, 0.5) is 0 Å². The van der Waals surface area contributed by atoms with Crippen molar-refractivity contribution in [3.05, 3.63) is 42.2 Å². The van der Waals surface area contributed by atoms with Crippen molar-refractivity contribution in [1.82, 2.24) is 10.3 Å². The van der Waals surface area contributed by atoms with Gasteiger partial charge in [0.25, 0.3) is 0 Å². The van der Waals surface area contributed by atoms with Crippen LogP contribution in [0.5, 0.6) is 0 Å². The molecule has 2 aromatic rings. The van der Waals surface area contributed by atoms with Crippen LogP contribution in [0.3, 0.4) is 0 Å². The lowest BCUT2D eigenvalue weighted by Crippen LogP contribution is -2.28. The third-order valence-electron chi connectivity index (χ3n) is 4.36. The fraction of sp³-hybridized carbons (Fsp3) is 0.471. The molecule has 1 fully saturated rings. The van der Waals surface area contributed by atoms with Gasteiger partial charge in [-0.1, -0.05) is 32.0 Å². The summed E-state index contributed by atoms with van der Waals surface area (Å²) in [5, 5.41) is 6.35. The number of fused-ring (bicyclic) bond motifs is 1. The predicted octanol–water partition coefficient (Wildman–Crippen LogP) is 4.08. The van der Waals surface area contributed by atoms with E-state index in [0.29, 0.717) is 11.5 Å². The maximum atomic E-state index is 4.23. The third kappa shape index (κ3) is 2.37. The number of hydrogen-bond acceptors (Lipinski definition) is 2. The molecule has 1 saturated carbocycles. The number of pyridine rings is 1. The Morgan fingerprint density at radius 3 is 2.89 bits per heavy atom. The SMILES string of the molecule is CCCNC(c1cccc2cnccc12)C1(C)CC1. The number of rotatable bonds is 5. The van der Waals surface area contributed by atoms with Gasteiger partial charge in [-0.2, -0.15) is 0 Å². The van der Waals surface area contributed by atoms with Gasteiger partial charge in [0.15, 0.2) is 0 Å². The summed E-state index contributed by atoms with van der Waals surface area (Å²) >= 11 is 0. The monoisotopic (exact) mass is 254 g/mol. The Hall–Kier alpha value is -1.41. The van der Waals surface area contributed by atoms with E-state index in [1.807, 2.05) is 12.4 Å². The molecule has 1 heterocycles. The highest BCUT2D eigenvalue weighted by atomic mass is 14.9. The zero-order valence-electron chi connectivity index (χ0n) is 11.8. The average molecular weight is 254 g/mol. The van der Waals surface area contributed by atoms with Crippen LogP contribution in [-0.2, 0) is 0 Å². The summed E-state index contributed by atoms with van der Waals surface area (Å²) in [6.45, 7) is 5.72. The van der Waals surface area contributed by atoms with Gasteiger partial charge in [0.1, 0.15) is 0 Å². The van der Waals surface area contributed by atoms with E-state index in [1.165, 1.54) is 35.6 Å². The van der Waals surface area contributed by atoms with E-state index in [2.05, 4.69) is 48.4 Å². The molecule has 1 aliphatic carbocycles. The second kappa shape index (κ2) is 4.93. The maximum Gasteiger partial charge on any atom is 0.0380 e. The molecule has 0 radical (unpaired) electrons. The van der Waals surface area contributed by atoms with Crippen LogP contribution in [0, 0.1) is 5.41 Å². The standard InChI is InChI=1S/C17H22N2/c1-3-10-19-16(17(2)8-9-17)15-6-4-5-13-12-18-11-7-14(13)15/h4-7,11-12,16,19H,3,8-10H2,1-2H3. The van der Waals surface area contributed by atoms with Crippen molar-refractivity contribution < 1.29 is 0 Å². The molecule has 1 aromatic carbocycles. The lowest BCUT2D eigenvalue weighted by molar-refractivity contribution is 0.369. The van der Waals surface area contributed by atoms with E-state index in [0.717, 1.165) is 6.54 Å². The molecule has 1 N–H and O–H groups in total. The molecule has 100 valence electrons. The number of nitrogens with one attached hydrogen (secondary N) is 1. The Bertz CT molecular complexity index is 567. The minimum atomic E-state index is 0.437. The van der Waals surface area contributed by atoms with Gasteiger partial charge in [-0.05, 0) is 48.2 Å². The first-order valence-corrected chi connectivity index (χ1v) is 7.30. The van der Waals surface area contributed by atoms with Crippen molar-refractivity contribution in [3.8, 4) is 0 Å². The first kappa shape index (κ1) is 12.6. The summed E-state index contributed by atoms with van der Waals surface area (Å²) in [6, 6.07) is 9.21. The molecule has 1 atom stereocenters. The summed E-state index contributed by atoms with van der Waals surface area (Å²) in [5.74, 6) is 0. The molecular formula is C17H22N2. The fourth-order valence-corrected chi connectivity index (χ4v) is 2.91. The van der Waals surface area contributed by atoms with Crippen molar-refractivity contribution in [2.75, 3.05) is 6.54 Å². The van der Waals surface area contributed by atoms with E-state index >= 15 is 0 Å². The predicted molar refractivity (Wildman–Crippen MR) is 80.1 cm³/mol. The summed E-state index contributed by atoms with van der Waals surface area (Å²) in [4.78, 5) is 4.23. The first-order valence-electron chi connectivity index (χ1n) is 7.30. The quantitative estimate of drug-likeness (QED) is 0.869. The van der Waals surface area contributed by atoms with Gasteiger partial charge in [-0.3, -0.25) is 4.98 Å². The molecule has 19 heavy (non-hydrogen) atoms. The van der Waals surface area contributed by atoms with Crippen molar-refractivity contribution in [2.24, 2.45) is 5.41 Å². The van der Waals surface area contributed by atoms with Gasteiger partial charge in [-0.15, -0.1) is 0 Å². The van der Waals surface area contributed by atoms with Crippen LogP contribution in [0.2, 0.25) is 0 Å². The van der Waals surface area contributed by atoms with Crippen LogP contribution in [0.25, 0.3) is 10.8 Å². The highest BCUT2D eigenvalue weighted by Gasteiger charge is 2.45. The smallest absolute Gasteiger partial charge is 0.0380 e. The van der Waals surface area contributed by atoms with Gasteiger partial charge in [0, 0.05) is 23.8 Å². The van der Waals surface area contributed by atoms with Gasteiger partial charge >= 0.3 is 0 Å². The highest BCUT2D eigenvalue weighted by molar-refractivity contribution is 5.85. The Kier molecular flexibility index (Phi) is 3.28. The second-order valence-corrected chi connectivity index (χ2v) is 5.99. The third-order valence-corrected chi connectivity index (χ3v) is 4.36. The Morgan fingerprint density at radius 1 is 1.32 bits per heavy atom. The minimum absolute atomic E-state index is 0.437. The van der Waals surface area contributed by atoms with Gasteiger partial charge in [0.05, 0.1) is 0 Å². The van der Waals surface area contributed by atoms with E-state index < -0.39 is 0 Å². The summed E-state index contributed by atoms with van der Waals surface area (Å²) < 4.78 is 0. The molecule has 2 nitrogen and oxygen atoms in total. The molecular weight excluding hydrogens is 232 g/mol. The largest absolute Gasteiger partial charge is 0.309 e. The van der Waals surface area contributed by atoms with Gasteiger partial charge in [-0.25, -0.2) is 0 Å². The Balaban J connectivity index is 2.04. The molecule has 0 saturated heterocycles. The van der Waals surface area contributed by atoms with Crippen molar-refractivity contribution >= 4 is 10.8 Å². The highest BCUT2D eigenvalue weighted by Crippen LogP contribution is 2.55. The summed E-state index contributed by atoms with van der Waals surface area (Å²) in [5.41, 5.74) is 1.88. The van der Waals surface area contributed by atoms with Crippen LogP contribution in [0.1, 0.15) is 44.7 Å². The number of aromatic nitrogens is 1. The van der Waals surface area contributed by atoms with Crippen LogP contribution in [0.15, 0.2) is 36.7 Å². The number of hydrogen-bond donors (Lipinski definition) is 1. The lowest BCUT2D eigenvalue weighted by atomic mass is 9.89. The van der Waals surface area contributed by atoms with Gasteiger partial charge in [0.2, 0.25) is 0 Å². The molecule has 0 bridgehead atoms. The number of nitrogens with zero attached hydrogens (tertiary/aromatic N) is 1. The van der Waals surface area contributed by atoms with Crippen molar-refractivity contribution in [3.63, 3.8) is 0 Å². The molecule has 3 rings (SSSR count). The van der Waals surface area contributed by atoms with Crippen molar-refractivity contribution in [2.45, 2.75) is 39.2 Å². The second-order valence-electron chi connectivity index (χ2n) is 5.99. The molecule has 1 unspecified atom stereocenters. The molecule has 0 spiro atoms. The summed E-state index contributed by atoms with van der Waals surface area (Å²) in [6.07, 6.45) is 7.70. The zero-order valence-corrected chi connectivity index (χ0v) is 11.8. The molecule has 1 aliphatic rings. The Labute approximate surface area is 115 Å². The van der Waals surface area contributed by atoms with E-state index in [9.17, 15) is 0 Å². The van der Waals surface area contributed by atoms with Gasteiger partial charge < -0.3 is 5.32 Å². The molecule has 0 aliphatic heterocycles. The van der Waals surface area contributed by atoms with Crippen LogP contribution in [-0.4, -0.2) is 11.5 Å². The minimum Gasteiger partial charge on any atom is -0.309 e. The first-order chi connectivity index (χ1) is 9.24. The number of benzene rings is 1. The fourth-order valence-electron chi connectivity index (χ4n) is 2.91. The average Bonchev–Trinajstić information content (AvgIpc) is 3.18. The molecule has 1 aromatic heterocycles. The zero-order chi connectivity index (χ0) is 13.3. The topological polar surface area (TPSA) is 24.9 Å². The van der Waals surface area contributed by atoms with Crippen LogP contribution >= 0.6 is 0 Å². The molecule has 0 amide bonds. The summed E-state index contributed by atoms with van der Waals surface area (Å²) in [7, 11) is 0. The molecule has 2 heteroatoms. The van der Waals surface area contributed by atoms with Crippen LogP contribution < -0.4 is 5.32 Å². The van der Waals surface area contributed by atoms with E-state index in [-0.39, 0.29) is 0 Å².